The lowest BCUT2D eigenvalue weighted by molar-refractivity contribution is -0.610. The minimum absolute atomic E-state index is 0.268. The van der Waals surface area contributed by atoms with Gasteiger partial charge in [-0.25, -0.2) is 9.55 Å². The number of halogens is 3. The van der Waals surface area contributed by atoms with E-state index in [9.17, 15) is 13.2 Å². The number of aromatic nitrogens is 3. The van der Waals surface area contributed by atoms with Crippen LogP contribution in [0, 0.1) is 6.92 Å². The van der Waals surface area contributed by atoms with Gasteiger partial charge in [-0.3, -0.25) is 0 Å². The molecule has 1 N–H and O–H groups in total. The summed E-state index contributed by atoms with van der Waals surface area (Å²) in [4.78, 5) is 7.53. The van der Waals surface area contributed by atoms with Crippen molar-refractivity contribution in [2.75, 3.05) is 20.0 Å². The zero-order chi connectivity index (χ0) is 22.1. The number of fused-ring (bicyclic) bond motifs is 1. The lowest BCUT2D eigenvalue weighted by Gasteiger charge is -2.22. The van der Waals surface area contributed by atoms with Crippen molar-refractivity contribution >= 4 is 22.8 Å². The summed E-state index contributed by atoms with van der Waals surface area (Å²) in [5.41, 5.74) is 1.72. The number of ether oxygens (including phenoxy) is 2. The van der Waals surface area contributed by atoms with Crippen LogP contribution in [0.5, 0.6) is 5.75 Å². The van der Waals surface area contributed by atoms with Crippen LogP contribution in [0.4, 0.5) is 13.2 Å². The highest BCUT2D eigenvalue weighted by atomic mass is 32.2. The van der Waals surface area contributed by atoms with E-state index in [2.05, 4.69) is 9.97 Å². The molecule has 0 amide bonds. The monoisotopic (exact) mass is 440 g/mol. The first-order valence-electron chi connectivity index (χ1n) is 9.34. The Balaban J connectivity index is 2.01. The quantitative estimate of drug-likeness (QED) is 0.535. The maximum absolute atomic E-state index is 13.0. The van der Waals surface area contributed by atoms with E-state index in [0.29, 0.717) is 22.7 Å². The molecule has 2 aromatic heterocycles. The summed E-state index contributed by atoms with van der Waals surface area (Å²) < 4.78 is 51.9. The van der Waals surface area contributed by atoms with Crippen LogP contribution in [0.15, 0.2) is 30.5 Å². The molecule has 0 spiro atoms. The fraction of sp³-hybridized carbons (Fsp3) is 0.429. The molecule has 0 aliphatic carbocycles. The molecule has 0 aliphatic rings. The normalized spacial score (nSPS) is 12.5. The standard InChI is InChI=1S/C21H25F3N3O2S/c1-13-17(11-30-12-20(2,3)29-5)27(9-8-18(13)28-4)19-25-15-7-6-14(21(22,23)24)10-16(15)26-19/h6-10H,11-12H2,1-5H3,(H,25,26)/q+1. The van der Waals surface area contributed by atoms with E-state index in [-0.39, 0.29) is 5.60 Å². The molecule has 0 saturated heterocycles. The first-order valence-corrected chi connectivity index (χ1v) is 10.5. The number of benzene rings is 1. The Hall–Kier alpha value is -2.26. The number of thioether (sulfide) groups is 1. The van der Waals surface area contributed by atoms with Crippen molar-refractivity contribution in [1.29, 1.82) is 0 Å². The molecule has 0 saturated carbocycles. The Morgan fingerprint density at radius 3 is 2.53 bits per heavy atom. The van der Waals surface area contributed by atoms with Gasteiger partial charge in [0.1, 0.15) is 17.0 Å². The van der Waals surface area contributed by atoms with Gasteiger partial charge in [-0.1, -0.05) is 4.98 Å². The summed E-state index contributed by atoms with van der Waals surface area (Å²) in [5.74, 6) is 2.62. The molecule has 0 bridgehead atoms. The first-order chi connectivity index (χ1) is 14.1. The van der Waals surface area contributed by atoms with Crippen molar-refractivity contribution in [3.8, 4) is 11.7 Å². The van der Waals surface area contributed by atoms with Crippen molar-refractivity contribution in [3.05, 3.63) is 47.3 Å². The Kier molecular flexibility index (Phi) is 6.33. The fourth-order valence-electron chi connectivity index (χ4n) is 3.02. The van der Waals surface area contributed by atoms with Crippen molar-refractivity contribution < 1.29 is 27.2 Å². The van der Waals surface area contributed by atoms with Crippen LogP contribution in [-0.4, -0.2) is 35.5 Å². The van der Waals surface area contributed by atoms with E-state index in [1.807, 2.05) is 37.6 Å². The Morgan fingerprint density at radius 1 is 1.17 bits per heavy atom. The van der Waals surface area contributed by atoms with Crippen LogP contribution in [0.2, 0.25) is 0 Å². The van der Waals surface area contributed by atoms with Gasteiger partial charge in [-0.05, 0) is 39.0 Å². The van der Waals surface area contributed by atoms with Crippen molar-refractivity contribution in [2.24, 2.45) is 0 Å². The SMILES string of the molecule is COc1cc[n+](-c2nc3ccc(C(F)(F)F)cc3[nH]2)c(CSCC(C)(C)OC)c1C. The number of imidazole rings is 1. The molecule has 0 aliphatic heterocycles. The van der Waals surface area contributed by atoms with Crippen LogP contribution >= 0.6 is 11.8 Å². The highest BCUT2D eigenvalue weighted by Gasteiger charge is 2.32. The molecule has 2 heterocycles. The molecule has 3 aromatic rings. The third-order valence-electron chi connectivity index (χ3n) is 4.95. The molecule has 30 heavy (non-hydrogen) atoms. The average molecular weight is 441 g/mol. The lowest BCUT2D eigenvalue weighted by Crippen LogP contribution is -2.38. The maximum atomic E-state index is 13.0. The maximum Gasteiger partial charge on any atom is 0.416 e. The molecule has 0 radical (unpaired) electrons. The number of hydrogen-bond donors (Lipinski definition) is 1. The van der Waals surface area contributed by atoms with Gasteiger partial charge in [0.2, 0.25) is 0 Å². The van der Waals surface area contributed by atoms with Crippen LogP contribution in [-0.2, 0) is 16.7 Å². The first kappa shape index (κ1) is 22.4. The fourth-order valence-corrected chi connectivity index (χ4v) is 4.28. The number of aromatic amines is 1. The number of methoxy groups -OCH3 is 2. The number of rotatable bonds is 7. The molecular weight excluding hydrogens is 415 g/mol. The highest BCUT2D eigenvalue weighted by Crippen LogP contribution is 2.31. The summed E-state index contributed by atoms with van der Waals surface area (Å²) in [7, 11) is 3.29. The second-order valence-electron chi connectivity index (χ2n) is 7.57. The van der Waals surface area contributed by atoms with Gasteiger partial charge in [0.05, 0.1) is 24.5 Å². The third kappa shape index (κ3) is 4.73. The number of nitrogens with one attached hydrogen (secondary N) is 1. The van der Waals surface area contributed by atoms with Crippen molar-refractivity contribution in [1.82, 2.24) is 9.97 Å². The smallest absolute Gasteiger partial charge is 0.416 e. The van der Waals surface area contributed by atoms with Gasteiger partial charge in [0.25, 0.3) is 0 Å². The van der Waals surface area contributed by atoms with Gasteiger partial charge in [0.15, 0.2) is 5.52 Å². The van der Waals surface area contributed by atoms with E-state index in [4.69, 9.17) is 9.47 Å². The molecule has 0 unspecified atom stereocenters. The highest BCUT2D eigenvalue weighted by molar-refractivity contribution is 7.98. The molecule has 162 valence electrons. The van der Waals surface area contributed by atoms with E-state index in [0.717, 1.165) is 34.9 Å². The number of hydrogen-bond acceptors (Lipinski definition) is 4. The summed E-state index contributed by atoms with van der Waals surface area (Å²) in [6.07, 6.45) is -2.59. The van der Waals surface area contributed by atoms with E-state index < -0.39 is 11.7 Å². The number of H-pyrrole nitrogens is 1. The summed E-state index contributed by atoms with van der Waals surface area (Å²) in [6.45, 7) is 5.99. The molecule has 0 atom stereocenters. The molecule has 1 aromatic carbocycles. The average Bonchev–Trinajstić information content (AvgIpc) is 3.11. The predicted octanol–water partition coefficient (Wildman–Crippen LogP) is 4.83. The van der Waals surface area contributed by atoms with Crippen LogP contribution in [0.3, 0.4) is 0 Å². The topological polar surface area (TPSA) is 51.0 Å². The van der Waals surface area contributed by atoms with Gasteiger partial charge >= 0.3 is 12.1 Å². The largest absolute Gasteiger partial charge is 0.496 e. The zero-order valence-corrected chi connectivity index (χ0v) is 18.4. The number of nitrogens with zero attached hydrogens (tertiary/aromatic N) is 2. The van der Waals surface area contributed by atoms with Crippen LogP contribution < -0.4 is 9.30 Å². The molecular formula is C21H25F3N3O2S+. The Labute approximate surface area is 177 Å². The summed E-state index contributed by atoms with van der Waals surface area (Å²) >= 11 is 1.70. The third-order valence-corrected chi connectivity index (χ3v) is 6.33. The minimum Gasteiger partial charge on any atom is -0.496 e. The predicted molar refractivity (Wildman–Crippen MR) is 111 cm³/mol. The molecule has 3 rings (SSSR count). The Morgan fingerprint density at radius 2 is 1.90 bits per heavy atom. The van der Waals surface area contributed by atoms with Gasteiger partial charge in [0, 0.05) is 30.2 Å². The molecule has 0 fully saturated rings. The van der Waals surface area contributed by atoms with E-state index in [1.54, 1.807) is 26.0 Å². The summed E-state index contributed by atoms with van der Waals surface area (Å²) in [5, 5.41) is 0. The van der Waals surface area contributed by atoms with Crippen LogP contribution in [0.1, 0.15) is 30.7 Å². The van der Waals surface area contributed by atoms with Gasteiger partial charge < -0.3 is 9.47 Å². The summed E-state index contributed by atoms with van der Waals surface area (Å²) in [6, 6.07) is 5.32. The number of pyridine rings is 1. The lowest BCUT2D eigenvalue weighted by atomic mass is 10.2. The second-order valence-corrected chi connectivity index (χ2v) is 8.56. The van der Waals surface area contributed by atoms with Crippen molar-refractivity contribution in [2.45, 2.75) is 38.3 Å². The number of alkyl halides is 3. The molecule has 5 nitrogen and oxygen atoms in total. The Bertz CT molecular complexity index is 1050. The van der Waals surface area contributed by atoms with Crippen LogP contribution in [0.25, 0.3) is 17.0 Å². The second kappa shape index (κ2) is 8.47. The zero-order valence-electron chi connectivity index (χ0n) is 17.6. The van der Waals surface area contributed by atoms with Gasteiger partial charge in [-0.15, -0.1) is 0 Å². The van der Waals surface area contributed by atoms with E-state index in [1.165, 1.54) is 6.07 Å². The molecule has 9 heteroatoms. The van der Waals surface area contributed by atoms with Crippen molar-refractivity contribution in [3.63, 3.8) is 0 Å². The minimum atomic E-state index is -4.40. The van der Waals surface area contributed by atoms with E-state index >= 15 is 0 Å². The van der Waals surface area contributed by atoms with Gasteiger partial charge in [-0.2, -0.15) is 24.9 Å².